The first-order valence-electron chi connectivity index (χ1n) is 7.00. The molecule has 2 heterocycles. The van der Waals surface area contributed by atoms with Crippen LogP contribution in [0.25, 0.3) is 0 Å². The molecule has 114 valence electrons. The van der Waals surface area contributed by atoms with Gasteiger partial charge in [-0.3, -0.25) is 9.67 Å². The fraction of sp³-hybridized carbons (Fsp3) is 0.467. The van der Waals surface area contributed by atoms with Crippen LogP contribution in [0.15, 0.2) is 29.0 Å². The average Bonchev–Trinajstić information content (AvgIpc) is 2.79. The molecule has 0 fully saturated rings. The van der Waals surface area contributed by atoms with Gasteiger partial charge in [-0.15, -0.1) is 0 Å². The number of nitrogens with one attached hydrogen (secondary N) is 1. The predicted octanol–water partition coefficient (Wildman–Crippen LogP) is 3.85. The summed E-state index contributed by atoms with van der Waals surface area (Å²) in [7, 11) is 0. The molecule has 0 aromatic carbocycles. The Labute approximate surface area is 132 Å². The molecule has 0 radical (unpaired) electrons. The lowest BCUT2D eigenvalue weighted by atomic mass is 10.1. The molecule has 2 rings (SSSR count). The van der Waals surface area contributed by atoms with E-state index in [0.29, 0.717) is 0 Å². The molecule has 1 unspecified atom stereocenters. The Kier molecular flexibility index (Phi) is 5.11. The molecule has 21 heavy (non-hydrogen) atoms. The third-order valence-electron chi connectivity index (χ3n) is 3.10. The summed E-state index contributed by atoms with van der Waals surface area (Å²) in [6, 6.07) is 3.47. The number of nitrogens with zero attached hydrogens (tertiary/aromatic N) is 3. The van der Waals surface area contributed by atoms with Crippen molar-refractivity contribution >= 4 is 15.9 Å². The van der Waals surface area contributed by atoms with Gasteiger partial charge < -0.3 is 5.32 Å². The van der Waals surface area contributed by atoms with Crippen LogP contribution < -0.4 is 5.32 Å². The molecule has 1 atom stereocenters. The molecule has 1 N–H and O–H groups in total. The normalized spacial score (nSPS) is 13.1. The third kappa shape index (κ3) is 3.68. The van der Waals surface area contributed by atoms with Crippen molar-refractivity contribution in [2.75, 3.05) is 0 Å². The van der Waals surface area contributed by atoms with Crippen LogP contribution in [0.3, 0.4) is 0 Å². The van der Waals surface area contributed by atoms with Crippen molar-refractivity contribution in [3.8, 4) is 0 Å². The van der Waals surface area contributed by atoms with E-state index in [1.807, 2.05) is 4.68 Å². The molecule has 2 aromatic rings. The van der Waals surface area contributed by atoms with E-state index in [9.17, 15) is 4.39 Å². The Morgan fingerprint density at radius 2 is 1.90 bits per heavy atom. The number of rotatable bonds is 5. The van der Waals surface area contributed by atoms with Gasteiger partial charge >= 0.3 is 0 Å². The molecule has 0 amide bonds. The summed E-state index contributed by atoms with van der Waals surface area (Å²) in [4.78, 5) is 4.23. The minimum absolute atomic E-state index is 0.148. The molecule has 6 heteroatoms. The van der Waals surface area contributed by atoms with Crippen LogP contribution in [0.2, 0.25) is 0 Å². The van der Waals surface area contributed by atoms with E-state index in [2.05, 4.69) is 59.0 Å². The number of pyridine rings is 1. The van der Waals surface area contributed by atoms with Crippen molar-refractivity contribution < 1.29 is 4.39 Å². The fourth-order valence-corrected chi connectivity index (χ4v) is 2.73. The van der Waals surface area contributed by atoms with E-state index in [-0.39, 0.29) is 23.9 Å². The van der Waals surface area contributed by atoms with Crippen molar-refractivity contribution in [2.24, 2.45) is 0 Å². The number of hydrogen-bond donors (Lipinski definition) is 1. The van der Waals surface area contributed by atoms with Gasteiger partial charge in [0.25, 0.3) is 0 Å². The number of aromatic nitrogens is 3. The lowest BCUT2D eigenvalue weighted by Gasteiger charge is -2.24. The first-order valence-corrected chi connectivity index (χ1v) is 7.79. The van der Waals surface area contributed by atoms with Gasteiger partial charge in [0.2, 0.25) is 0 Å². The van der Waals surface area contributed by atoms with Gasteiger partial charge in [0.1, 0.15) is 5.82 Å². The highest BCUT2D eigenvalue weighted by molar-refractivity contribution is 9.10. The summed E-state index contributed by atoms with van der Waals surface area (Å²) >= 11 is 3.56. The first kappa shape index (κ1) is 16.1. The van der Waals surface area contributed by atoms with Gasteiger partial charge in [0.05, 0.1) is 34.3 Å². The van der Waals surface area contributed by atoms with Crippen LogP contribution in [-0.2, 0) is 0 Å². The Morgan fingerprint density at radius 3 is 2.43 bits per heavy atom. The minimum Gasteiger partial charge on any atom is -0.301 e. The predicted molar refractivity (Wildman–Crippen MR) is 84.6 cm³/mol. The molecular weight excluding hydrogens is 335 g/mol. The van der Waals surface area contributed by atoms with Gasteiger partial charge in [-0.25, -0.2) is 4.39 Å². The zero-order valence-electron chi connectivity index (χ0n) is 12.6. The van der Waals surface area contributed by atoms with Gasteiger partial charge in [0, 0.05) is 12.1 Å². The molecule has 4 nitrogen and oxygen atoms in total. The lowest BCUT2D eigenvalue weighted by Crippen LogP contribution is -2.32. The van der Waals surface area contributed by atoms with Crippen molar-refractivity contribution in [3.05, 3.63) is 46.2 Å². The van der Waals surface area contributed by atoms with Crippen LogP contribution in [0.5, 0.6) is 0 Å². The van der Waals surface area contributed by atoms with E-state index in [1.165, 1.54) is 12.3 Å². The molecule has 0 aliphatic carbocycles. The summed E-state index contributed by atoms with van der Waals surface area (Å²) in [5, 5.41) is 7.89. The molecular formula is C15H20BrFN4. The molecule has 0 saturated carbocycles. The maximum Gasteiger partial charge on any atom is 0.141 e. The zero-order valence-corrected chi connectivity index (χ0v) is 14.2. The second kappa shape index (κ2) is 6.66. The van der Waals surface area contributed by atoms with E-state index < -0.39 is 0 Å². The van der Waals surface area contributed by atoms with E-state index in [4.69, 9.17) is 0 Å². The average molecular weight is 355 g/mol. The van der Waals surface area contributed by atoms with Gasteiger partial charge in [-0.05, 0) is 55.8 Å². The van der Waals surface area contributed by atoms with Crippen LogP contribution in [0.4, 0.5) is 4.39 Å². The Morgan fingerprint density at radius 1 is 1.19 bits per heavy atom. The number of halogens is 2. The summed E-state index contributed by atoms with van der Waals surface area (Å²) in [5.41, 5.74) is 1.77. The summed E-state index contributed by atoms with van der Waals surface area (Å²) in [5.74, 6) is -0.335. The largest absolute Gasteiger partial charge is 0.301 e. The molecule has 0 spiro atoms. The minimum atomic E-state index is -0.335. The zero-order chi connectivity index (χ0) is 15.6. The van der Waals surface area contributed by atoms with Crippen molar-refractivity contribution in [3.63, 3.8) is 0 Å². The number of hydrogen-bond acceptors (Lipinski definition) is 3. The topological polar surface area (TPSA) is 42.7 Å². The summed E-state index contributed by atoms with van der Waals surface area (Å²) < 4.78 is 16.0. The Hall–Kier alpha value is -1.27. The summed E-state index contributed by atoms with van der Waals surface area (Å²) in [6.07, 6.45) is 3.03. The van der Waals surface area contributed by atoms with E-state index in [0.717, 1.165) is 15.9 Å². The molecule has 0 saturated heterocycles. The molecule has 0 aliphatic heterocycles. The SMILES string of the molecule is CC(C)NC(c1ccc(F)cn1)c1c(Br)cnn1C(C)C. The highest BCUT2D eigenvalue weighted by Crippen LogP contribution is 2.30. The monoisotopic (exact) mass is 354 g/mol. The van der Waals surface area contributed by atoms with Gasteiger partial charge in [-0.2, -0.15) is 5.10 Å². The van der Waals surface area contributed by atoms with Crippen molar-refractivity contribution in [2.45, 2.75) is 45.8 Å². The second-order valence-corrected chi connectivity index (χ2v) is 6.43. The van der Waals surface area contributed by atoms with E-state index in [1.54, 1.807) is 12.3 Å². The van der Waals surface area contributed by atoms with Crippen molar-refractivity contribution in [1.82, 2.24) is 20.1 Å². The maximum absolute atomic E-state index is 13.1. The third-order valence-corrected chi connectivity index (χ3v) is 3.71. The molecule has 0 aliphatic rings. The highest BCUT2D eigenvalue weighted by Gasteiger charge is 2.24. The molecule has 0 bridgehead atoms. The quantitative estimate of drug-likeness (QED) is 0.886. The fourth-order valence-electron chi connectivity index (χ4n) is 2.23. The maximum atomic E-state index is 13.1. The van der Waals surface area contributed by atoms with Crippen LogP contribution in [-0.4, -0.2) is 20.8 Å². The van der Waals surface area contributed by atoms with Gasteiger partial charge in [-0.1, -0.05) is 0 Å². The lowest BCUT2D eigenvalue weighted by molar-refractivity contribution is 0.445. The van der Waals surface area contributed by atoms with Crippen molar-refractivity contribution in [1.29, 1.82) is 0 Å². The highest BCUT2D eigenvalue weighted by atomic mass is 79.9. The smallest absolute Gasteiger partial charge is 0.141 e. The molecule has 2 aromatic heterocycles. The van der Waals surface area contributed by atoms with E-state index >= 15 is 0 Å². The van der Waals surface area contributed by atoms with Crippen LogP contribution >= 0.6 is 15.9 Å². The van der Waals surface area contributed by atoms with Gasteiger partial charge in [0.15, 0.2) is 0 Å². The Bertz CT molecular complexity index is 592. The second-order valence-electron chi connectivity index (χ2n) is 5.57. The standard InChI is InChI=1S/C15H20BrFN4/c1-9(2)20-14(13-6-5-11(17)7-18-13)15-12(16)8-19-21(15)10(3)4/h5-10,14,20H,1-4H3. The van der Waals surface area contributed by atoms with Crippen LogP contribution in [0.1, 0.15) is 51.2 Å². The first-order chi connectivity index (χ1) is 9.90. The summed E-state index contributed by atoms with van der Waals surface area (Å²) in [6.45, 7) is 8.29. The Balaban J connectivity index is 2.50. The van der Waals surface area contributed by atoms with Crippen LogP contribution in [0, 0.1) is 5.82 Å².